The van der Waals surface area contributed by atoms with Gasteiger partial charge in [-0.3, -0.25) is 0 Å². The van der Waals surface area contributed by atoms with E-state index in [1.54, 1.807) is 17.2 Å². The average Bonchev–Trinajstić information content (AvgIpc) is 3.02. The lowest BCUT2D eigenvalue weighted by Gasteiger charge is -2.27. The molecule has 0 saturated carbocycles. The molecule has 1 aromatic rings. The lowest BCUT2D eigenvalue weighted by Crippen LogP contribution is -2.38. The van der Waals surface area contributed by atoms with Crippen LogP contribution in [0.4, 0.5) is 4.79 Å². The second-order valence-electron chi connectivity index (χ2n) is 7.13. The molecule has 0 aliphatic rings. The maximum atomic E-state index is 12.2. The lowest BCUT2D eigenvalue weighted by molar-refractivity contribution is 0.0247. The number of esters is 1. The van der Waals surface area contributed by atoms with E-state index in [-0.39, 0.29) is 12.1 Å². The Kier molecular flexibility index (Phi) is 12.7. The highest BCUT2D eigenvalue weighted by Crippen LogP contribution is 2.15. The highest BCUT2D eigenvalue weighted by Gasteiger charge is 2.21. The molecular weight excluding hydrogens is 364 g/mol. The Hall–Kier alpha value is -1.63. The van der Waals surface area contributed by atoms with Crippen molar-refractivity contribution in [2.24, 2.45) is 0 Å². The summed E-state index contributed by atoms with van der Waals surface area (Å²) in [5, 5.41) is 2.59. The van der Waals surface area contributed by atoms with E-state index in [1.807, 2.05) is 27.7 Å². The molecule has 0 saturated heterocycles. The van der Waals surface area contributed by atoms with Gasteiger partial charge in [-0.25, -0.2) is 14.6 Å². The molecule has 27 heavy (non-hydrogen) atoms. The number of carbonyl (C=O) groups is 2. The van der Waals surface area contributed by atoms with Crippen molar-refractivity contribution in [2.45, 2.75) is 79.8 Å². The van der Waals surface area contributed by atoms with Gasteiger partial charge >= 0.3 is 12.1 Å². The maximum absolute atomic E-state index is 12.2. The van der Waals surface area contributed by atoms with E-state index < -0.39 is 5.60 Å². The van der Waals surface area contributed by atoms with Crippen LogP contribution in [0.3, 0.4) is 0 Å². The van der Waals surface area contributed by atoms with Crippen LogP contribution in [0.15, 0.2) is 5.38 Å². The van der Waals surface area contributed by atoms with Crippen LogP contribution in [-0.2, 0) is 15.9 Å². The average molecular weight is 401 g/mol. The number of hydrogen-bond donors (Lipinski definition) is 0. The minimum Gasteiger partial charge on any atom is -0.461 e. The number of aryl methyl sites for hydroxylation is 1. The van der Waals surface area contributed by atoms with Crippen LogP contribution in [0.2, 0.25) is 0 Å². The van der Waals surface area contributed by atoms with Crippen molar-refractivity contribution >= 4 is 23.4 Å². The van der Waals surface area contributed by atoms with E-state index in [2.05, 4.69) is 18.8 Å². The molecule has 6 nitrogen and oxygen atoms in total. The predicted octanol–water partition coefficient (Wildman–Crippen LogP) is 5.32. The van der Waals surface area contributed by atoms with Gasteiger partial charge in [0.1, 0.15) is 5.60 Å². The van der Waals surface area contributed by atoms with Gasteiger partial charge in [-0.15, -0.1) is 11.3 Å². The molecule has 1 amide bonds. The first kappa shape index (κ1) is 25.4. The van der Waals surface area contributed by atoms with Gasteiger partial charge in [0.15, 0.2) is 5.69 Å². The largest absolute Gasteiger partial charge is 0.461 e. The summed E-state index contributed by atoms with van der Waals surface area (Å²) in [5.41, 5.74) is -0.137. The molecule has 0 unspecified atom stereocenters. The van der Waals surface area contributed by atoms with Gasteiger partial charge in [-0.1, -0.05) is 27.2 Å². The first-order chi connectivity index (χ1) is 12.7. The minimum atomic E-state index is -0.493. The molecule has 0 aliphatic carbocycles. The quantitative estimate of drug-likeness (QED) is 0.553. The van der Waals surface area contributed by atoms with Crippen molar-refractivity contribution in [1.29, 1.82) is 0 Å². The summed E-state index contributed by atoms with van der Waals surface area (Å²) in [6.45, 7) is 15.3. The minimum absolute atomic E-state index is 0.282. The number of hydrogen-bond acceptors (Lipinski definition) is 6. The van der Waals surface area contributed by atoms with Crippen LogP contribution in [0.5, 0.6) is 0 Å². The van der Waals surface area contributed by atoms with Gasteiger partial charge in [0.05, 0.1) is 11.6 Å². The van der Waals surface area contributed by atoms with E-state index in [0.29, 0.717) is 31.8 Å². The smallest absolute Gasteiger partial charge is 0.410 e. The molecule has 1 rings (SSSR count). The molecule has 0 atom stereocenters. The Balaban J connectivity index is 0.00000210. The van der Waals surface area contributed by atoms with Crippen LogP contribution in [0.1, 0.15) is 83.2 Å². The fourth-order valence-corrected chi connectivity index (χ4v) is 2.85. The first-order valence-corrected chi connectivity index (χ1v) is 10.7. The van der Waals surface area contributed by atoms with Crippen LogP contribution in [-0.4, -0.2) is 47.2 Å². The van der Waals surface area contributed by atoms with Gasteiger partial charge < -0.3 is 14.4 Å². The molecule has 0 N–H and O–H groups in total. The molecule has 156 valence electrons. The number of nitrogens with zero attached hydrogens (tertiary/aromatic N) is 2. The summed E-state index contributed by atoms with van der Waals surface area (Å²) in [6.07, 6.45) is 3.33. The fourth-order valence-electron chi connectivity index (χ4n) is 2.04. The zero-order valence-electron chi connectivity index (χ0n) is 18.0. The molecule has 0 aliphatic heterocycles. The van der Waals surface area contributed by atoms with E-state index in [4.69, 9.17) is 9.47 Å². The van der Waals surface area contributed by atoms with E-state index in [1.165, 1.54) is 17.8 Å². The maximum Gasteiger partial charge on any atom is 0.410 e. The van der Waals surface area contributed by atoms with Crippen molar-refractivity contribution in [2.75, 3.05) is 19.7 Å². The van der Waals surface area contributed by atoms with Gasteiger partial charge in [0.25, 0.3) is 0 Å². The van der Waals surface area contributed by atoms with Crippen molar-refractivity contribution in [3.8, 4) is 0 Å². The normalized spacial score (nSPS) is 10.6. The first-order valence-electron chi connectivity index (χ1n) is 9.77. The molecule has 0 spiro atoms. The monoisotopic (exact) mass is 400 g/mol. The summed E-state index contributed by atoms with van der Waals surface area (Å²) in [5.74, 6) is -0.388. The number of thiazole rings is 1. The molecular formula is C20H36N2O4S. The van der Waals surface area contributed by atoms with Crippen molar-refractivity contribution < 1.29 is 19.1 Å². The van der Waals surface area contributed by atoms with Crippen molar-refractivity contribution in [3.05, 3.63) is 16.1 Å². The fraction of sp³-hybridized carbons (Fsp3) is 0.750. The molecule has 0 aromatic carbocycles. The summed E-state index contributed by atoms with van der Waals surface area (Å²) in [6, 6.07) is 0. The predicted molar refractivity (Wildman–Crippen MR) is 110 cm³/mol. The Morgan fingerprint density at radius 2 is 1.78 bits per heavy atom. The van der Waals surface area contributed by atoms with E-state index in [0.717, 1.165) is 17.8 Å². The zero-order chi connectivity index (χ0) is 20.9. The summed E-state index contributed by atoms with van der Waals surface area (Å²) < 4.78 is 10.4. The Labute approximate surface area is 168 Å². The molecule has 0 radical (unpaired) electrons. The Morgan fingerprint density at radius 3 is 2.30 bits per heavy atom. The van der Waals surface area contributed by atoms with Gasteiger partial charge in [0, 0.05) is 24.9 Å². The summed E-state index contributed by atoms with van der Waals surface area (Å²) >= 11 is 1.44. The molecule has 1 aromatic heterocycles. The molecule has 7 heteroatoms. The van der Waals surface area contributed by atoms with E-state index in [9.17, 15) is 9.59 Å². The van der Waals surface area contributed by atoms with Crippen LogP contribution in [0.25, 0.3) is 0 Å². The second-order valence-corrected chi connectivity index (χ2v) is 8.07. The molecule has 1 heterocycles. The lowest BCUT2D eigenvalue weighted by atomic mass is 10.2. The number of ether oxygens (including phenoxy) is 2. The summed E-state index contributed by atoms with van der Waals surface area (Å²) in [4.78, 5) is 29.8. The molecule has 0 bridgehead atoms. The number of carbonyl (C=O) groups excluding carboxylic acids is 2. The molecule has 0 fully saturated rings. The third-order valence-electron chi connectivity index (χ3n) is 3.00. The second kappa shape index (κ2) is 13.5. The third-order valence-corrected chi connectivity index (χ3v) is 3.91. The number of amides is 1. The SMILES string of the molecule is CCC.CCCN(CCCc1nc(C(=O)OCC)cs1)C(=O)OC(C)(C)C. The van der Waals surface area contributed by atoms with Crippen molar-refractivity contribution in [3.63, 3.8) is 0 Å². The summed E-state index contributed by atoms with van der Waals surface area (Å²) in [7, 11) is 0. The van der Waals surface area contributed by atoms with Crippen LogP contribution in [0, 0.1) is 0 Å². The standard InChI is InChI=1S/C17H28N2O4S.C3H8/c1-6-10-19(16(21)23-17(3,4)5)11-8-9-14-18-13(12-24-14)15(20)22-7-2;1-3-2/h12H,6-11H2,1-5H3;3H2,1-2H3. The number of aromatic nitrogens is 1. The van der Waals surface area contributed by atoms with E-state index >= 15 is 0 Å². The zero-order valence-corrected chi connectivity index (χ0v) is 18.8. The highest BCUT2D eigenvalue weighted by molar-refractivity contribution is 7.09. The van der Waals surface area contributed by atoms with Gasteiger partial charge in [0.2, 0.25) is 0 Å². The van der Waals surface area contributed by atoms with Crippen LogP contribution >= 0.6 is 11.3 Å². The highest BCUT2D eigenvalue weighted by atomic mass is 32.1. The topological polar surface area (TPSA) is 68.7 Å². The Bertz CT molecular complexity index is 552. The van der Waals surface area contributed by atoms with Gasteiger partial charge in [-0.2, -0.15) is 0 Å². The van der Waals surface area contributed by atoms with Crippen LogP contribution < -0.4 is 0 Å². The third kappa shape index (κ3) is 11.6. The Morgan fingerprint density at radius 1 is 1.15 bits per heavy atom. The number of rotatable bonds is 8. The van der Waals surface area contributed by atoms with Gasteiger partial charge in [-0.05, 0) is 40.5 Å². The van der Waals surface area contributed by atoms with Crippen molar-refractivity contribution in [1.82, 2.24) is 9.88 Å².